The molecule has 0 radical (unpaired) electrons. The third kappa shape index (κ3) is 6.96. The van der Waals surface area contributed by atoms with E-state index in [1.54, 1.807) is 0 Å². The Morgan fingerprint density at radius 1 is 1.12 bits per heavy atom. The molecule has 0 saturated heterocycles. The lowest BCUT2D eigenvalue weighted by Crippen LogP contribution is -2.54. The van der Waals surface area contributed by atoms with Crippen LogP contribution >= 0.6 is 0 Å². The molecule has 0 saturated carbocycles. The van der Waals surface area contributed by atoms with Crippen LogP contribution in [0.2, 0.25) is 0 Å². The van der Waals surface area contributed by atoms with Gasteiger partial charge in [-0.3, -0.25) is 14.6 Å². The van der Waals surface area contributed by atoms with Crippen LogP contribution in [0.1, 0.15) is 34.8 Å². The lowest BCUT2D eigenvalue weighted by Gasteiger charge is -2.22. The number of amides is 2. The molecule has 2 heterocycles. The smallest absolute Gasteiger partial charge is 0.428 e. The number of hydrogen-bond donors (Lipinski definition) is 4. The highest BCUT2D eigenvalue weighted by molar-refractivity contribution is 6.43. The molecule has 0 aliphatic heterocycles. The van der Waals surface area contributed by atoms with Gasteiger partial charge in [-0.05, 0) is 24.8 Å². The van der Waals surface area contributed by atoms with Crippen LogP contribution in [0, 0.1) is 0 Å². The van der Waals surface area contributed by atoms with E-state index < -0.39 is 30.9 Å². The van der Waals surface area contributed by atoms with E-state index in [9.17, 15) is 19.6 Å². The number of benzene rings is 1. The summed E-state index contributed by atoms with van der Waals surface area (Å²) in [7, 11) is -1.77. The van der Waals surface area contributed by atoms with Gasteiger partial charge in [0.15, 0.2) is 0 Å². The molecule has 1 aromatic carbocycles. The average molecular weight is 438 g/mol. The number of hydrogen-bond acceptors (Lipinski definition) is 9. The van der Waals surface area contributed by atoms with Crippen molar-refractivity contribution < 1.29 is 24.1 Å². The second kappa shape index (κ2) is 11.7. The third-order valence-electron chi connectivity index (χ3n) is 4.71. The maximum Gasteiger partial charge on any atom is 0.475 e. The monoisotopic (exact) mass is 438 g/mol. The van der Waals surface area contributed by atoms with E-state index in [0.717, 1.165) is 18.4 Å². The van der Waals surface area contributed by atoms with E-state index in [4.69, 9.17) is 4.42 Å². The Hall–Kier alpha value is -3.64. The first-order valence-electron chi connectivity index (χ1n) is 10.1. The first-order valence-corrected chi connectivity index (χ1v) is 10.1. The summed E-state index contributed by atoms with van der Waals surface area (Å²) in [6, 6.07) is 8.62. The zero-order valence-corrected chi connectivity index (χ0v) is 17.2. The molecule has 2 amide bonds. The van der Waals surface area contributed by atoms with Gasteiger partial charge in [-0.15, -0.1) is 10.2 Å². The molecule has 4 N–H and O–H groups in total. The molecule has 11 nitrogen and oxygen atoms in total. The van der Waals surface area contributed by atoms with Gasteiger partial charge in [-0.1, -0.05) is 30.3 Å². The topological polar surface area (TPSA) is 163 Å². The van der Waals surface area contributed by atoms with Gasteiger partial charge in [0.1, 0.15) is 11.7 Å². The summed E-state index contributed by atoms with van der Waals surface area (Å²) in [5.74, 6) is -2.04. The van der Waals surface area contributed by atoms with Crippen LogP contribution in [0.3, 0.4) is 0 Å². The summed E-state index contributed by atoms with van der Waals surface area (Å²) in [6.45, 7) is 0. The van der Waals surface area contributed by atoms with Gasteiger partial charge in [0.25, 0.3) is 5.91 Å². The van der Waals surface area contributed by atoms with Gasteiger partial charge in [-0.25, -0.2) is 4.98 Å². The van der Waals surface area contributed by atoms with Crippen LogP contribution in [0.4, 0.5) is 0 Å². The van der Waals surface area contributed by atoms with Gasteiger partial charge in [0.2, 0.25) is 18.2 Å². The fourth-order valence-corrected chi connectivity index (χ4v) is 3.07. The minimum absolute atomic E-state index is 0.0254. The van der Waals surface area contributed by atoms with E-state index in [-0.39, 0.29) is 18.0 Å². The Labute approximate surface area is 184 Å². The van der Waals surface area contributed by atoms with Gasteiger partial charge in [0, 0.05) is 12.4 Å². The Morgan fingerprint density at radius 2 is 1.94 bits per heavy atom. The van der Waals surface area contributed by atoms with Crippen molar-refractivity contribution in [2.24, 2.45) is 0 Å². The van der Waals surface area contributed by atoms with Crippen LogP contribution in [-0.4, -0.2) is 61.1 Å². The van der Waals surface area contributed by atoms with E-state index in [0.29, 0.717) is 12.8 Å². The van der Waals surface area contributed by atoms with Gasteiger partial charge >= 0.3 is 7.12 Å². The fraction of sp³-hybridized carbons (Fsp3) is 0.300. The second-order valence-corrected chi connectivity index (χ2v) is 7.06. The molecule has 2 aromatic heterocycles. The highest BCUT2D eigenvalue weighted by Crippen LogP contribution is 2.09. The number of carbonyl (C=O) groups is 2. The number of aromatic nitrogens is 4. The van der Waals surface area contributed by atoms with Crippen molar-refractivity contribution >= 4 is 18.9 Å². The molecular weight excluding hydrogens is 415 g/mol. The number of rotatable bonds is 11. The lowest BCUT2D eigenvalue weighted by atomic mass is 9.76. The zero-order valence-electron chi connectivity index (χ0n) is 17.2. The second-order valence-electron chi connectivity index (χ2n) is 7.06. The highest BCUT2D eigenvalue weighted by atomic mass is 16.4. The maximum atomic E-state index is 12.9. The van der Waals surface area contributed by atoms with Crippen LogP contribution in [0.15, 0.2) is 59.7 Å². The molecule has 0 aliphatic rings. The summed E-state index contributed by atoms with van der Waals surface area (Å²) in [5.41, 5.74) is 1.13. The quantitative estimate of drug-likeness (QED) is 0.295. The molecule has 32 heavy (non-hydrogen) atoms. The van der Waals surface area contributed by atoms with Crippen LogP contribution in [-0.2, 0) is 17.6 Å². The van der Waals surface area contributed by atoms with E-state index in [2.05, 4.69) is 30.8 Å². The van der Waals surface area contributed by atoms with Crippen molar-refractivity contribution in [3.8, 4) is 0 Å². The molecule has 166 valence electrons. The standard InChI is InChI=1S/C20H23BN6O5/c28-19(26-17(21(30)31)8-4-7-14-5-2-1-3-6-14)15(11-18-27-24-13-32-18)25-20(29)16-12-22-9-10-23-16/h1-3,5-6,9-10,12-13,15,17,30-31H,4,7-8,11H2,(H,25,29)(H,26,28)/t15-,17+/m1/s1. The first kappa shape index (κ1) is 23.0. The number of carbonyl (C=O) groups excluding carboxylic acids is 2. The SMILES string of the molecule is O=C(N[C@H](Cc1nnco1)C(=O)N[C@@H](CCCc1ccccc1)B(O)O)c1cnccn1. The van der Waals surface area contributed by atoms with Gasteiger partial charge in [0.05, 0.1) is 18.6 Å². The van der Waals surface area contributed by atoms with E-state index >= 15 is 0 Å². The van der Waals surface area contributed by atoms with Crippen molar-refractivity contribution in [3.05, 3.63) is 72.5 Å². The zero-order chi connectivity index (χ0) is 22.8. The predicted molar refractivity (Wildman–Crippen MR) is 113 cm³/mol. The lowest BCUT2D eigenvalue weighted by molar-refractivity contribution is -0.123. The number of aryl methyl sites for hydroxylation is 1. The first-order chi connectivity index (χ1) is 15.5. The summed E-state index contributed by atoms with van der Waals surface area (Å²) >= 11 is 0. The van der Waals surface area contributed by atoms with Crippen molar-refractivity contribution in [3.63, 3.8) is 0 Å². The number of nitrogens with one attached hydrogen (secondary N) is 2. The van der Waals surface area contributed by atoms with Crippen molar-refractivity contribution in [1.29, 1.82) is 0 Å². The molecule has 12 heteroatoms. The van der Waals surface area contributed by atoms with Crippen molar-refractivity contribution in [2.75, 3.05) is 0 Å². The molecule has 2 atom stereocenters. The summed E-state index contributed by atoms with van der Waals surface area (Å²) in [5, 5.41) is 32.0. The van der Waals surface area contributed by atoms with Gasteiger partial charge < -0.3 is 25.1 Å². The highest BCUT2D eigenvalue weighted by Gasteiger charge is 2.30. The molecule has 0 fully saturated rings. The molecule has 0 bridgehead atoms. The van der Waals surface area contributed by atoms with Crippen molar-refractivity contribution in [2.45, 2.75) is 37.7 Å². The van der Waals surface area contributed by atoms with Crippen LogP contribution in [0.25, 0.3) is 0 Å². The molecule has 3 rings (SSSR count). The molecule has 0 spiro atoms. The Morgan fingerprint density at radius 3 is 2.59 bits per heavy atom. The molecule has 3 aromatic rings. The minimum atomic E-state index is -1.77. The van der Waals surface area contributed by atoms with E-state index in [1.165, 1.54) is 18.6 Å². The average Bonchev–Trinajstić information content (AvgIpc) is 3.32. The maximum absolute atomic E-state index is 12.9. The fourth-order valence-electron chi connectivity index (χ4n) is 3.07. The Bertz CT molecular complexity index is 975. The van der Waals surface area contributed by atoms with Crippen LogP contribution < -0.4 is 10.6 Å². The summed E-state index contributed by atoms with van der Waals surface area (Å²) in [6.07, 6.45) is 6.72. The third-order valence-corrected chi connectivity index (χ3v) is 4.71. The Kier molecular flexibility index (Phi) is 8.40. The largest absolute Gasteiger partial charge is 0.475 e. The summed E-state index contributed by atoms with van der Waals surface area (Å²) in [4.78, 5) is 33.1. The molecular formula is C20H23BN6O5. The number of nitrogens with zero attached hydrogens (tertiary/aromatic N) is 4. The minimum Gasteiger partial charge on any atom is -0.428 e. The summed E-state index contributed by atoms with van der Waals surface area (Å²) < 4.78 is 5.09. The molecule has 0 aliphatic carbocycles. The molecule has 0 unspecified atom stereocenters. The van der Waals surface area contributed by atoms with Gasteiger partial charge in [-0.2, -0.15) is 0 Å². The Balaban J connectivity index is 1.64. The normalized spacial score (nSPS) is 12.6. The van der Waals surface area contributed by atoms with Crippen LogP contribution in [0.5, 0.6) is 0 Å². The van der Waals surface area contributed by atoms with Crippen molar-refractivity contribution in [1.82, 2.24) is 30.8 Å². The van der Waals surface area contributed by atoms with E-state index in [1.807, 2.05) is 30.3 Å². The predicted octanol–water partition coefficient (Wildman–Crippen LogP) is -0.280.